The van der Waals surface area contributed by atoms with Crippen LogP contribution in [-0.2, 0) is 6.42 Å². The Labute approximate surface area is 163 Å². The summed E-state index contributed by atoms with van der Waals surface area (Å²) in [6.45, 7) is 12.0. The van der Waals surface area contributed by atoms with Crippen LogP contribution in [0.4, 0.5) is 0 Å². The van der Waals surface area contributed by atoms with Crippen LogP contribution in [0.25, 0.3) is 0 Å². The third-order valence-corrected chi connectivity index (χ3v) is 4.49. The van der Waals surface area contributed by atoms with Crippen LogP contribution in [-0.4, -0.2) is 30.6 Å². The fourth-order valence-corrected chi connectivity index (χ4v) is 2.93. The van der Waals surface area contributed by atoms with E-state index in [-0.39, 0.29) is 24.0 Å². The van der Waals surface area contributed by atoms with E-state index >= 15 is 0 Å². The lowest BCUT2D eigenvalue weighted by Crippen LogP contribution is -2.42. The number of aromatic nitrogens is 1. The number of rotatable bonds is 7. The Morgan fingerprint density at radius 3 is 2.61 bits per heavy atom. The summed E-state index contributed by atoms with van der Waals surface area (Å²) < 4.78 is 0. The summed E-state index contributed by atoms with van der Waals surface area (Å²) in [5.41, 5.74) is 1.51. The maximum atomic E-state index is 4.49. The number of halogens is 1. The van der Waals surface area contributed by atoms with Gasteiger partial charge in [0, 0.05) is 37.1 Å². The van der Waals surface area contributed by atoms with Crippen molar-refractivity contribution in [1.29, 1.82) is 0 Å². The van der Waals surface area contributed by atoms with E-state index in [1.807, 2.05) is 14.0 Å². The Bertz CT molecular complexity index is 465. The smallest absolute Gasteiger partial charge is 0.191 e. The van der Waals surface area contributed by atoms with Crippen LogP contribution in [0, 0.1) is 12.3 Å². The number of aliphatic imine (C=N–C) groups is 1. The molecule has 1 atom stereocenters. The lowest BCUT2D eigenvalue weighted by atomic mass is 9.89. The number of nitrogens with zero attached hydrogens (tertiary/aromatic N) is 2. The standard InChI is InChI=1S/C17H32N4S.HI/c1-13(9-10-17(3,4)5)21-16(18-6)19-11-7-8-15-20-14(2)12-22-15;/h12-13H,7-11H2,1-6H3,(H2,18,19,21);1H. The molecular weight excluding hydrogens is 419 g/mol. The molecule has 4 nitrogen and oxygen atoms in total. The van der Waals surface area contributed by atoms with E-state index in [0.29, 0.717) is 11.5 Å². The topological polar surface area (TPSA) is 49.3 Å². The van der Waals surface area contributed by atoms with Crippen molar-refractivity contribution in [2.45, 2.75) is 66.3 Å². The van der Waals surface area contributed by atoms with Gasteiger partial charge in [0.2, 0.25) is 0 Å². The van der Waals surface area contributed by atoms with Crippen molar-refractivity contribution >= 4 is 41.3 Å². The molecule has 1 aromatic heterocycles. The van der Waals surface area contributed by atoms with Crippen molar-refractivity contribution in [2.75, 3.05) is 13.6 Å². The number of thiazole rings is 1. The zero-order valence-corrected chi connectivity index (χ0v) is 18.5. The molecule has 23 heavy (non-hydrogen) atoms. The van der Waals surface area contributed by atoms with Gasteiger partial charge in [-0.05, 0) is 38.5 Å². The molecule has 0 radical (unpaired) electrons. The fourth-order valence-electron chi connectivity index (χ4n) is 2.11. The molecule has 0 amide bonds. The molecule has 1 rings (SSSR count). The minimum Gasteiger partial charge on any atom is -0.356 e. The van der Waals surface area contributed by atoms with Gasteiger partial charge in [-0.2, -0.15) is 0 Å². The monoisotopic (exact) mass is 452 g/mol. The van der Waals surface area contributed by atoms with Gasteiger partial charge in [0.25, 0.3) is 0 Å². The summed E-state index contributed by atoms with van der Waals surface area (Å²) in [6.07, 6.45) is 4.47. The van der Waals surface area contributed by atoms with Crippen LogP contribution >= 0.6 is 35.3 Å². The summed E-state index contributed by atoms with van der Waals surface area (Å²) in [7, 11) is 1.83. The number of nitrogens with one attached hydrogen (secondary N) is 2. The Kier molecular flexibility index (Phi) is 11.1. The van der Waals surface area contributed by atoms with Crippen LogP contribution in [0.2, 0.25) is 0 Å². The van der Waals surface area contributed by atoms with E-state index in [4.69, 9.17) is 0 Å². The number of aryl methyl sites for hydroxylation is 2. The average molecular weight is 452 g/mol. The van der Waals surface area contributed by atoms with Gasteiger partial charge in [-0.1, -0.05) is 20.8 Å². The van der Waals surface area contributed by atoms with Crippen molar-refractivity contribution in [3.05, 3.63) is 16.1 Å². The molecule has 1 heterocycles. The molecule has 1 aromatic rings. The summed E-state index contributed by atoms with van der Waals surface area (Å²) in [5.74, 6) is 0.900. The summed E-state index contributed by atoms with van der Waals surface area (Å²) in [4.78, 5) is 8.79. The molecule has 134 valence electrons. The molecule has 0 aliphatic rings. The van der Waals surface area contributed by atoms with Crippen molar-refractivity contribution in [1.82, 2.24) is 15.6 Å². The maximum Gasteiger partial charge on any atom is 0.191 e. The number of hydrogen-bond donors (Lipinski definition) is 2. The molecule has 0 saturated carbocycles. The fraction of sp³-hybridized carbons (Fsp3) is 0.765. The quantitative estimate of drug-likeness (QED) is 0.279. The van der Waals surface area contributed by atoms with Crippen molar-refractivity contribution in [3.8, 4) is 0 Å². The van der Waals surface area contributed by atoms with Gasteiger partial charge < -0.3 is 10.6 Å². The molecule has 0 aliphatic carbocycles. The first-order valence-electron chi connectivity index (χ1n) is 8.18. The van der Waals surface area contributed by atoms with E-state index in [9.17, 15) is 0 Å². The second-order valence-corrected chi connectivity index (χ2v) is 8.07. The van der Waals surface area contributed by atoms with Crippen LogP contribution in [0.15, 0.2) is 10.4 Å². The highest BCUT2D eigenvalue weighted by molar-refractivity contribution is 14.0. The van der Waals surface area contributed by atoms with Gasteiger partial charge in [-0.3, -0.25) is 4.99 Å². The Morgan fingerprint density at radius 2 is 2.09 bits per heavy atom. The summed E-state index contributed by atoms with van der Waals surface area (Å²) >= 11 is 1.75. The second kappa shape index (κ2) is 11.2. The highest BCUT2D eigenvalue weighted by atomic mass is 127. The largest absolute Gasteiger partial charge is 0.356 e. The van der Waals surface area contributed by atoms with E-state index in [1.54, 1.807) is 11.3 Å². The first-order valence-corrected chi connectivity index (χ1v) is 9.06. The third kappa shape index (κ3) is 10.9. The zero-order chi connectivity index (χ0) is 16.6. The van der Waals surface area contributed by atoms with Gasteiger partial charge in [0.1, 0.15) is 0 Å². The number of guanidine groups is 1. The molecular formula is C17H33IN4S. The van der Waals surface area contributed by atoms with E-state index in [2.05, 4.69) is 53.7 Å². The van der Waals surface area contributed by atoms with Gasteiger partial charge in [-0.15, -0.1) is 35.3 Å². The average Bonchev–Trinajstić information content (AvgIpc) is 2.85. The zero-order valence-electron chi connectivity index (χ0n) is 15.4. The highest BCUT2D eigenvalue weighted by Crippen LogP contribution is 2.21. The van der Waals surface area contributed by atoms with Crippen LogP contribution in [0.5, 0.6) is 0 Å². The molecule has 0 aliphatic heterocycles. The van der Waals surface area contributed by atoms with Gasteiger partial charge in [0.05, 0.1) is 5.01 Å². The SMILES string of the molecule is CN=C(NCCCc1nc(C)cs1)NC(C)CCC(C)(C)C.I. The molecule has 2 N–H and O–H groups in total. The Hall–Kier alpha value is -0.370. The van der Waals surface area contributed by atoms with Gasteiger partial charge >= 0.3 is 0 Å². The lowest BCUT2D eigenvalue weighted by molar-refractivity contribution is 0.346. The lowest BCUT2D eigenvalue weighted by Gasteiger charge is -2.23. The molecule has 0 fully saturated rings. The summed E-state index contributed by atoms with van der Waals surface area (Å²) in [5, 5.41) is 10.2. The van der Waals surface area contributed by atoms with E-state index < -0.39 is 0 Å². The highest BCUT2D eigenvalue weighted by Gasteiger charge is 2.13. The molecule has 0 aromatic carbocycles. The predicted molar refractivity (Wildman–Crippen MR) is 113 cm³/mol. The van der Waals surface area contributed by atoms with Crippen molar-refractivity contribution < 1.29 is 0 Å². The second-order valence-electron chi connectivity index (χ2n) is 7.13. The van der Waals surface area contributed by atoms with Crippen LogP contribution < -0.4 is 10.6 Å². The molecule has 1 unspecified atom stereocenters. The predicted octanol–water partition coefficient (Wildman–Crippen LogP) is 4.38. The third-order valence-electron chi connectivity index (χ3n) is 3.46. The van der Waals surface area contributed by atoms with Crippen molar-refractivity contribution in [3.63, 3.8) is 0 Å². The van der Waals surface area contributed by atoms with Crippen LogP contribution in [0.3, 0.4) is 0 Å². The van der Waals surface area contributed by atoms with E-state index in [0.717, 1.165) is 37.5 Å². The van der Waals surface area contributed by atoms with E-state index in [1.165, 1.54) is 11.4 Å². The Balaban J connectivity index is 0.00000484. The summed E-state index contributed by atoms with van der Waals surface area (Å²) in [6, 6.07) is 0.437. The minimum absolute atomic E-state index is 0. The maximum absolute atomic E-state index is 4.49. The first-order chi connectivity index (χ1) is 10.3. The normalized spacial score (nSPS) is 13.4. The first kappa shape index (κ1) is 22.6. The molecule has 6 heteroatoms. The van der Waals surface area contributed by atoms with Crippen LogP contribution in [0.1, 0.15) is 57.7 Å². The molecule has 0 spiro atoms. The number of hydrogen-bond acceptors (Lipinski definition) is 3. The Morgan fingerprint density at radius 1 is 1.39 bits per heavy atom. The molecule has 0 bridgehead atoms. The molecule has 0 saturated heterocycles. The van der Waals surface area contributed by atoms with Gasteiger partial charge in [0.15, 0.2) is 5.96 Å². The minimum atomic E-state index is 0. The van der Waals surface area contributed by atoms with Gasteiger partial charge in [-0.25, -0.2) is 4.98 Å². The van der Waals surface area contributed by atoms with Crippen molar-refractivity contribution in [2.24, 2.45) is 10.4 Å².